The van der Waals surface area contributed by atoms with Crippen molar-refractivity contribution >= 4 is 5.52 Å². The van der Waals surface area contributed by atoms with Gasteiger partial charge in [0.05, 0.1) is 28.3 Å². The van der Waals surface area contributed by atoms with Crippen LogP contribution in [0.3, 0.4) is 0 Å². The first-order valence-electron chi connectivity index (χ1n) is 13.2. The Morgan fingerprint density at radius 3 is 2.58 bits per heavy atom. The molecule has 6 rings (SSSR count). The van der Waals surface area contributed by atoms with Gasteiger partial charge in [0.25, 0.3) is 0 Å². The number of pyridine rings is 1. The van der Waals surface area contributed by atoms with Gasteiger partial charge in [-0.05, 0) is 55.5 Å². The van der Waals surface area contributed by atoms with E-state index in [4.69, 9.17) is 4.74 Å². The molecule has 1 saturated carbocycles. The molecule has 0 bridgehead atoms. The van der Waals surface area contributed by atoms with Crippen LogP contribution in [0.5, 0.6) is 0 Å². The summed E-state index contributed by atoms with van der Waals surface area (Å²) in [6.45, 7) is 2.34. The van der Waals surface area contributed by atoms with Gasteiger partial charge in [-0.1, -0.05) is 12.1 Å². The second-order valence-corrected chi connectivity index (χ2v) is 10.9. The fourth-order valence-corrected chi connectivity index (χ4v) is 6.26. The van der Waals surface area contributed by atoms with Crippen LogP contribution in [0.1, 0.15) is 54.7 Å². The molecule has 0 amide bonds. The van der Waals surface area contributed by atoms with Crippen molar-refractivity contribution in [1.29, 1.82) is 0 Å². The van der Waals surface area contributed by atoms with Gasteiger partial charge in [-0.15, -0.1) is 10.2 Å². The van der Waals surface area contributed by atoms with E-state index in [0.717, 1.165) is 21.9 Å². The summed E-state index contributed by atoms with van der Waals surface area (Å²) < 4.78 is 66.3. The van der Waals surface area contributed by atoms with E-state index < -0.39 is 35.1 Å². The fourth-order valence-electron chi connectivity index (χ4n) is 6.26. The van der Waals surface area contributed by atoms with Crippen LogP contribution in [-0.2, 0) is 23.4 Å². The molecule has 2 atom stereocenters. The number of halogens is 4. The molecule has 1 aliphatic carbocycles. The summed E-state index contributed by atoms with van der Waals surface area (Å²) in [5, 5.41) is 8.38. The molecule has 40 heavy (non-hydrogen) atoms. The van der Waals surface area contributed by atoms with E-state index in [-0.39, 0.29) is 18.2 Å². The molecular formula is C28H30F4N6O2. The monoisotopic (exact) mass is 558 g/mol. The number of imidazole rings is 1. The number of hydrogen-bond donors (Lipinski definition) is 0. The molecule has 8 nitrogen and oxygen atoms in total. The minimum atomic E-state index is -4.69. The normalized spacial score (nSPS) is 24.5. The third kappa shape index (κ3) is 4.24. The van der Waals surface area contributed by atoms with E-state index in [0.29, 0.717) is 37.1 Å². The Morgan fingerprint density at radius 2 is 1.95 bits per heavy atom. The van der Waals surface area contributed by atoms with Crippen LogP contribution in [-0.4, -0.2) is 61.1 Å². The quantitative estimate of drug-likeness (QED) is 0.328. The largest absolute Gasteiger partial charge is 0.418 e. The van der Waals surface area contributed by atoms with Crippen molar-refractivity contribution in [3.05, 3.63) is 82.1 Å². The predicted molar refractivity (Wildman–Crippen MR) is 139 cm³/mol. The van der Waals surface area contributed by atoms with Gasteiger partial charge in [0, 0.05) is 45.7 Å². The standard InChI is InChI=1S/C28H30F4N6O2/c1-17(36-8-7-20(29)14-36)18-9-23(28(30,31)32)24-15-37(26(39)38(24)13-18)21-6-4-5-19(10-21)27(11-22(12-27)40-3)25-34-33-16-35(25)2/h4-6,9-10,13,15-17,20,22H,7-8,11-12,14H2,1-3H3/t17-,20+,22?,27?/m1/s1. The Labute approximate surface area is 227 Å². The van der Waals surface area contributed by atoms with Crippen molar-refractivity contribution in [3.63, 3.8) is 0 Å². The molecule has 1 saturated heterocycles. The van der Waals surface area contributed by atoms with Gasteiger partial charge < -0.3 is 9.30 Å². The minimum absolute atomic E-state index is 0.0261. The van der Waals surface area contributed by atoms with Crippen molar-refractivity contribution in [3.8, 4) is 5.69 Å². The zero-order valence-corrected chi connectivity index (χ0v) is 22.4. The van der Waals surface area contributed by atoms with Crippen LogP contribution in [0.25, 0.3) is 11.2 Å². The number of nitrogens with zero attached hydrogens (tertiary/aromatic N) is 6. The third-order valence-electron chi connectivity index (χ3n) is 8.59. The Hall–Kier alpha value is -3.51. The second kappa shape index (κ2) is 9.55. The summed E-state index contributed by atoms with van der Waals surface area (Å²) in [5.74, 6) is 0.753. The Kier molecular flexibility index (Phi) is 6.37. The number of benzene rings is 1. The summed E-state index contributed by atoms with van der Waals surface area (Å²) in [7, 11) is 3.51. The molecule has 4 aromatic rings. The van der Waals surface area contributed by atoms with Crippen LogP contribution in [0.15, 0.2) is 53.8 Å². The van der Waals surface area contributed by atoms with Crippen molar-refractivity contribution < 1.29 is 22.3 Å². The molecule has 0 radical (unpaired) electrons. The lowest BCUT2D eigenvalue weighted by Crippen LogP contribution is -2.48. The van der Waals surface area contributed by atoms with Gasteiger partial charge >= 0.3 is 11.9 Å². The number of ether oxygens (including phenoxy) is 1. The van der Waals surface area contributed by atoms with E-state index in [2.05, 4.69) is 10.2 Å². The van der Waals surface area contributed by atoms with Crippen LogP contribution in [0.2, 0.25) is 0 Å². The molecule has 2 fully saturated rings. The van der Waals surface area contributed by atoms with E-state index in [9.17, 15) is 22.4 Å². The lowest BCUT2D eigenvalue weighted by atomic mass is 9.62. The number of rotatable bonds is 6. The molecule has 2 aliphatic rings. The summed E-state index contributed by atoms with van der Waals surface area (Å²) in [5.41, 5.74) is -0.648. The highest BCUT2D eigenvalue weighted by atomic mass is 19.4. The number of alkyl halides is 4. The van der Waals surface area contributed by atoms with Gasteiger partial charge in [0.15, 0.2) is 0 Å². The second-order valence-electron chi connectivity index (χ2n) is 10.9. The highest BCUT2D eigenvalue weighted by Crippen LogP contribution is 2.49. The molecule has 1 aromatic carbocycles. The number of fused-ring (bicyclic) bond motifs is 1. The summed E-state index contributed by atoms with van der Waals surface area (Å²) >= 11 is 0. The highest BCUT2D eigenvalue weighted by Gasteiger charge is 2.50. The molecule has 0 N–H and O–H groups in total. The Balaban J connectivity index is 1.46. The van der Waals surface area contributed by atoms with Gasteiger partial charge in [-0.25, -0.2) is 9.18 Å². The molecule has 0 spiro atoms. The fraction of sp³-hybridized carbons (Fsp3) is 0.464. The number of hydrogen-bond acceptors (Lipinski definition) is 5. The molecule has 212 valence electrons. The molecular weight excluding hydrogens is 528 g/mol. The van der Waals surface area contributed by atoms with Crippen molar-refractivity contribution in [2.75, 3.05) is 20.2 Å². The van der Waals surface area contributed by atoms with Crippen LogP contribution >= 0.6 is 0 Å². The smallest absolute Gasteiger partial charge is 0.381 e. The van der Waals surface area contributed by atoms with Crippen LogP contribution in [0.4, 0.5) is 17.6 Å². The predicted octanol–water partition coefficient (Wildman–Crippen LogP) is 4.44. The first-order valence-corrected chi connectivity index (χ1v) is 13.2. The van der Waals surface area contributed by atoms with Gasteiger partial charge in [-0.3, -0.25) is 13.9 Å². The average Bonchev–Trinajstić information content (AvgIpc) is 3.61. The third-order valence-corrected chi connectivity index (χ3v) is 8.59. The van der Waals surface area contributed by atoms with E-state index in [1.165, 1.54) is 17.0 Å². The lowest BCUT2D eigenvalue weighted by molar-refractivity contribution is -0.136. The topological polar surface area (TPSA) is 69.6 Å². The summed E-state index contributed by atoms with van der Waals surface area (Å²) in [4.78, 5) is 15.4. The first-order chi connectivity index (χ1) is 19.0. The van der Waals surface area contributed by atoms with Gasteiger partial charge in [0.1, 0.15) is 18.3 Å². The van der Waals surface area contributed by atoms with Crippen molar-refractivity contribution in [2.24, 2.45) is 7.05 Å². The first kappa shape index (κ1) is 26.7. The lowest BCUT2D eigenvalue weighted by Gasteiger charge is -2.46. The maximum absolute atomic E-state index is 14.3. The zero-order chi connectivity index (χ0) is 28.4. The molecule has 3 aromatic heterocycles. The Morgan fingerprint density at radius 1 is 1.18 bits per heavy atom. The van der Waals surface area contributed by atoms with Crippen molar-refractivity contribution in [1.82, 2.24) is 28.6 Å². The van der Waals surface area contributed by atoms with Crippen molar-refractivity contribution in [2.45, 2.75) is 56.1 Å². The van der Waals surface area contributed by atoms with Crippen LogP contribution in [0, 0.1) is 0 Å². The summed E-state index contributed by atoms with van der Waals surface area (Å²) in [6.07, 6.45) is 0.280. The number of likely N-dealkylation sites (tertiary alicyclic amines) is 1. The molecule has 1 aliphatic heterocycles. The molecule has 0 unspecified atom stereocenters. The SMILES string of the molecule is COC1CC(c2cccc(-n3cc4c(C(F)(F)F)cc([C@@H](C)N5CC[C@H](F)C5)cn4c3=O)c2)(c2nncn2C)C1. The van der Waals surface area contributed by atoms with Gasteiger partial charge in [-0.2, -0.15) is 13.2 Å². The average molecular weight is 559 g/mol. The number of aromatic nitrogens is 5. The summed E-state index contributed by atoms with van der Waals surface area (Å²) in [6, 6.07) is 7.83. The zero-order valence-electron chi connectivity index (χ0n) is 22.4. The number of methoxy groups -OCH3 is 1. The highest BCUT2D eigenvalue weighted by molar-refractivity contribution is 5.58. The maximum atomic E-state index is 14.3. The van der Waals surface area contributed by atoms with E-state index in [1.807, 2.05) is 23.7 Å². The number of aryl methyl sites for hydroxylation is 1. The van der Waals surface area contributed by atoms with E-state index in [1.54, 1.807) is 37.4 Å². The van der Waals surface area contributed by atoms with E-state index >= 15 is 0 Å². The Bertz CT molecular complexity index is 1620. The molecule has 12 heteroatoms. The molecule has 4 heterocycles. The minimum Gasteiger partial charge on any atom is -0.381 e. The van der Waals surface area contributed by atoms with Gasteiger partial charge in [0.2, 0.25) is 0 Å². The van der Waals surface area contributed by atoms with Crippen LogP contribution < -0.4 is 5.69 Å². The maximum Gasteiger partial charge on any atom is 0.418 e.